The molecule has 0 heterocycles. The monoisotopic (exact) mass is 299 g/mol. The second-order valence-electron chi connectivity index (χ2n) is 6.03. The van der Waals surface area contributed by atoms with E-state index in [0.717, 1.165) is 48.5 Å². The number of carbonyl (C=O) groups excluding carboxylic acids is 1. The molecule has 0 radical (unpaired) electrons. The molecule has 0 spiro atoms. The first-order valence-corrected chi connectivity index (χ1v) is 8.24. The van der Waals surface area contributed by atoms with Crippen LogP contribution in [-0.4, -0.2) is 29.2 Å². The second kappa shape index (κ2) is 4.56. The fourth-order valence-electron chi connectivity index (χ4n) is 4.57. The second-order valence-corrected chi connectivity index (χ2v) is 6.82. The van der Waals surface area contributed by atoms with E-state index < -0.39 is 0 Å². The average molecular weight is 300 g/mol. The van der Waals surface area contributed by atoms with Gasteiger partial charge in [-0.2, -0.15) is 0 Å². The molecule has 3 fully saturated rings. The molecule has 3 heteroatoms. The number of rotatable bonds is 5. The molecule has 1 amide bonds. The van der Waals surface area contributed by atoms with Gasteiger partial charge in [-0.15, -0.1) is 0 Å². The molecular weight excluding hydrogens is 278 g/mol. The molecule has 0 aromatic carbocycles. The van der Waals surface area contributed by atoms with Crippen LogP contribution in [0.25, 0.3) is 0 Å². The zero-order valence-corrected chi connectivity index (χ0v) is 12.2. The van der Waals surface area contributed by atoms with E-state index in [9.17, 15) is 4.79 Å². The number of halogens is 1. The SMILES string of the molecule is CCCN(CCBr)C(=O)C1C2C3CCC(C3)C12. The standard InChI is InChI=1S/C14H22BrNO/c1-2-6-16(7-5-15)14(17)13-11-9-3-4-10(8-9)12(11)13/h9-13H,2-8H2,1H3. The smallest absolute Gasteiger partial charge is 0.226 e. The summed E-state index contributed by atoms with van der Waals surface area (Å²) < 4.78 is 0. The number of alkyl halides is 1. The number of carbonyl (C=O) groups is 1. The van der Waals surface area contributed by atoms with Gasteiger partial charge in [0.25, 0.3) is 0 Å². The topological polar surface area (TPSA) is 20.3 Å². The van der Waals surface area contributed by atoms with Crippen LogP contribution < -0.4 is 0 Å². The first-order chi connectivity index (χ1) is 8.27. The molecule has 2 nitrogen and oxygen atoms in total. The zero-order valence-electron chi connectivity index (χ0n) is 10.6. The van der Waals surface area contributed by atoms with Gasteiger partial charge in [-0.05, 0) is 49.4 Å². The van der Waals surface area contributed by atoms with Crippen LogP contribution in [-0.2, 0) is 4.79 Å². The highest BCUT2D eigenvalue weighted by atomic mass is 79.9. The van der Waals surface area contributed by atoms with Crippen molar-refractivity contribution >= 4 is 21.8 Å². The Morgan fingerprint density at radius 1 is 1.24 bits per heavy atom. The lowest BCUT2D eigenvalue weighted by Gasteiger charge is -2.22. The van der Waals surface area contributed by atoms with Crippen LogP contribution >= 0.6 is 15.9 Å². The van der Waals surface area contributed by atoms with Crippen molar-refractivity contribution in [3.05, 3.63) is 0 Å². The van der Waals surface area contributed by atoms with Crippen LogP contribution in [0.15, 0.2) is 0 Å². The summed E-state index contributed by atoms with van der Waals surface area (Å²) in [6, 6.07) is 0. The lowest BCUT2D eigenvalue weighted by atomic mass is 10.0. The molecule has 4 atom stereocenters. The number of amides is 1. The maximum Gasteiger partial charge on any atom is 0.226 e. The predicted octanol–water partition coefficient (Wildman–Crippen LogP) is 2.91. The van der Waals surface area contributed by atoms with Crippen molar-refractivity contribution in [3.63, 3.8) is 0 Å². The Hall–Kier alpha value is -0.0500. The molecular formula is C14H22BrNO. The van der Waals surface area contributed by atoms with E-state index in [1.807, 2.05) is 0 Å². The number of hydrogen-bond donors (Lipinski definition) is 0. The van der Waals surface area contributed by atoms with Crippen molar-refractivity contribution < 1.29 is 4.79 Å². The van der Waals surface area contributed by atoms with Gasteiger partial charge < -0.3 is 4.90 Å². The molecule has 2 bridgehead atoms. The highest BCUT2D eigenvalue weighted by Gasteiger charge is 2.67. The fourth-order valence-corrected chi connectivity index (χ4v) is 5.00. The van der Waals surface area contributed by atoms with E-state index in [4.69, 9.17) is 0 Å². The first-order valence-electron chi connectivity index (χ1n) is 7.12. The highest BCUT2D eigenvalue weighted by molar-refractivity contribution is 9.09. The van der Waals surface area contributed by atoms with Crippen LogP contribution in [0.5, 0.6) is 0 Å². The van der Waals surface area contributed by atoms with E-state index in [2.05, 4.69) is 27.8 Å². The Labute approximate surface area is 112 Å². The number of hydrogen-bond acceptors (Lipinski definition) is 1. The minimum atomic E-state index is 0.423. The van der Waals surface area contributed by atoms with Gasteiger partial charge in [-0.25, -0.2) is 0 Å². The summed E-state index contributed by atoms with van der Waals surface area (Å²) in [6.07, 6.45) is 5.32. The largest absolute Gasteiger partial charge is 0.342 e. The molecule has 0 aromatic rings. The Bertz CT molecular complexity index is 297. The summed E-state index contributed by atoms with van der Waals surface area (Å²) in [6.45, 7) is 3.99. The van der Waals surface area contributed by atoms with Crippen LogP contribution in [0.2, 0.25) is 0 Å². The van der Waals surface area contributed by atoms with E-state index in [1.165, 1.54) is 19.3 Å². The van der Waals surface area contributed by atoms with Crippen molar-refractivity contribution in [1.82, 2.24) is 4.90 Å². The molecule has 3 saturated carbocycles. The van der Waals surface area contributed by atoms with Crippen molar-refractivity contribution in [2.75, 3.05) is 18.4 Å². The summed E-state index contributed by atoms with van der Waals surface area (Å²) >= 11 is 3.46. The summed E-state index contributed by atoms with van der Waals surface area (Å²) in [5.74, 6) is 4.29. The lowest BCUT2D eigenvalue weighted by molar-refractivity contribution is -0.133. The Kier molecular flexibility index (Phi) is 3.22. The van der Waals surface area contributed by atoms with Crippen LogP contribution in [0, 0.1) is 29.6 Å². The van der Waals surface area contributed by atoms with Gasteiger partial charge in [-0.1, -0.05) is 22.9 Å². The van der Waals surface area contributed by atoms with Crippen molar-refractivity contribution in [2.45, 2.75) is 32.6 Å². The number of fused-ring (bicyclic) bond motifs is 5. The average Bonchev–Trinajstić information content (AvgIpc) is 2.76. The van der Waals surface area contributed by atoms with Crippen LogP contribution in [0.3, 0.4) is 0 Å². The van der Waals surface area contributed by atoms with Gasteiger partial charge in [0.2, 0.25) is 5.91 Å². The van der Waals surface area contributed by atoms with Crippen molar-refractivity contribution in [1.29, 1.82) is 0 Å². The van der Waals surface area contributed by atoms with E-state index in [0.29, 0.717) is 11.8 Å². The van der Waals surface area contributed by atoms with Gasteiger partial charge in [0, 0.05) is 24.3 Å². The van der Waals surface area contributed by atoms with Gasteiger partial charge in [0.15, 0.2) is 0 Å². The van der Waals surface area contributed by atoms with Gasteiger partial charge in [-0.3, -0.25) is 4.79 Å². The highest BCUT2D eigenvalue weighted by Crippen LogP contribution is 2.69. The molecule has 0 aliphatic heterocycles. The van der Waals surface area contributed by atoms with Gasteiger partial charge in [0.1, 0.15) is 0 Å². The van der Waals surface area contributed by atoms with Crippen molar-refractivity contribution in [2.24, 2.45) is 29.6 Å². The molecule has 96 valence electrons. The minimum absolute atomic E-state index is 0.423. The lowest BCUT2D eigenvalue weighted by Crippen LogP contribution is -2.36. The molecule has 0 aromatic heterocycles. The Balaban J connectivity index is 1.63. The third-order valence-corrected chi connectivity index (χ3v) is 5.53. The normalized spacial score (nSPS) is 41.4. The van der Waals surface area contributed by atoms with Crippen LogP contribution in [0.4, 0.5) is 0 Å². The number of nitrogens with zero attached hydrogens (tertiary/aromatic N) is 1. The predicted molar refractivity (Wildman–Crippen MR) is 72.0 cm³/mol. The first kappa shape index (κ1) is 12.0. The summed E-state index contributed by atoms with van der Waals surface area (Å²) in [7, 11) is 0. The summed E-state index contributed by atoms with van der Waals surface area (Å²) in [5, 5.41) is 0.910. The molecule has 0 saturated heterocycles. The summed E-state index contributed by atoms with van der Waals surface area (Å²) in [4.78, 5) is 14.6. The molecule has 0 N–H and O–H groups in total. The maximum atomic E-state index is 12.5. The molecule has 3 rings (SSSR count). The van der Waals surface area contributed by atoms with E-state index >= 15 is 0 Å². The molecule has 4 unspecified atom stereocenters. The Morgan fingerprint density at radius 2 is 1.88 bits per heavy atom. The Morgan fingerprint density at radius 3 is 2.41 bits per heavy atom. The third kappa shape index (κ3) is 1.85. The van der Waals surface area contributed by atoms with Gasteiger partial charge in [0.05, 0.1) is 0 Å². The van der Waals surface area contributed by atoms with Crippen LogP contribution in [0.1, 0.15) is 32.6 Å². The molecule has 3 aliphatic carbocycles. The molecule has 17 heavy (non-hydrogen) atoms. The van der Waals surface area contributed by atoms with Crippen molar-refractivity contribution in [3.8, 4) is 0 Å². The quantitative estimate of drug-likeness (QED) is 0.715. The van der Waals surface area contributed by atoms with Gasteiger partial charge >= 0.3 is 0 Å². The zero-order chi connectivity index (χ0) is 12.0. The summed E-state index contributed by atoms with van der Waals surface area (Å²) in [5.41, 5.74) is 0. The van der Waals surface area contributed by atoms with E-state index in [-0.39, 0.29) is 0 Å². The minimum Gasteiger partial charge on any atom is -0.342 e. The third-order valence-electron chi connectivity index (χ3n) is 5.18. The fraction of sp³-hybridized carbons (Fsp3) is 0.929. The molecule has 3 aliphatic rings. The maximum absolute atomic E-state index is 12.5. The van der Waals surface area contributed by atoms with E-state index in [1.54, 1.807) is 0 Å².